The average molecular weight is 451 g/mol. The Bertz CT molecular complexity index is 942. The normalized spacial score (nSPS) is 21.4. The van der Waals surface area contributed by atoms with Crippen molar-refractivity contribution < 1.29 is 31.9 Å². The minimum absolute atomic E-state index is 0.0285. The highest BCUT2D eigenvalue weighted by atomic mass is 19.4. The van der Waals surface area contributed by atoms with Crippen LogP contribution in [0.4, 0.5) is 24.5 Å². The quantitative estimate of drug-likeness (QED) is 0.727. The second-order valence-corrected chi connectivity index (χ2v) is 7.97. The van der Waals surface area contributed by atoms with Crippen molar-refractivity contribution in [1.82, 2.24) is 4.90 Å². The van der Waals surface area contributed by atoms with E-state index >= 15 is 0 Å². The molecule has 0 saturated carbocycles. The minimum atomic E-state index is -4.77. The zero-order valence-electron chi connectivity index (χ0n) is 17.3. The van der Waals surface area contributed by atoms with Crippen LogP contribution in [0.1, 0.15) is 25.0 Å². The van der Waals surface area contributed by atoms with Gasteiger partial charge >= 0.3 is 6.18 Å². The van der Waals surface area contributed by atoms with Crippen LogP contribution in [-0.2, 0) is 20.9 Å². The molecule has 2 aliphatic rings. The van der Waals surface area contributed by atoms with Crippen LogP contribution in [0, 0.1) is 0 Å². The van der Waals surface area contributed by atoms with Gasteiger partial charge < -0.3 is 14.5 Å². The molecule has 2 aromatic rings. The fourth-order valence-corrected chi connectivity index (χ4v) is 4.15. The van der Waals surface area contributed by atoms with Gasteiger partial charge in [0.1, 0.15) is 11.8 Å². The number of amides is 2. The number of benzene rings is 1. The summed E-state index contributed by atoms with van der Waals surface area (Å²) in [6.45, 7) is 0.976. The molecule has 0 aliphatic carbocycles. The Morgan fingerprint density at radius 1 is 1.22 bits per heavy atom. The highest BCUT2D eigenvalue weighted by molar-refractivity contribution is 6.05. The summed E-state index contributed by atoms with van der Waals surface area (Å²) in [5.41, 5.74) is 0.204. The van der Waals surface area contributed by atoms with Crippen LogP contribution < -0.4 is 10.2 Å². The van der Waals surface area contributed by atoms with Gasteiger partial charge in [-0.2, -0.15) is 13.2 Å². The second-order valence-electron chi connectivity index (χ2n) is 7.97. The maximum Gasteiger partial charge on any atom is 0.409 e. The minimum Gasteiger partial charge on any atom is -0.468 e. The Hall–Kier alpha value is -2.85. The summed E-state index contributed by atoms with van der Waals surface area (Å²) >= 11 is 0. The van der Waals surface area contributed by atoms with E-state index in [4.69, 9.17) is 9.15 Å². The van der Waals surface area contributed by atoms with Crippen molar-refractivity contribution in [3.05, 3.63) is 48.4 Å². The molecule has 1 saturated heterocycles. The maximum atomic E-state index is 13.9. The molecule has 2 aliphatic heterocycles. The summed E-state index contributed by atoms with van der Waals surface area (Å²) in [5.74, 6) is -0.945. The molecule has 7 nitrogen and oxygen atoms in total. The molecule has 2 amide bonds. The molecule has 3 heterocycles. The summed E-state index contributed by atoms with van der Waals surface area (Å²) in [6, 6.07) is 7.23. The van der Waals surface area contributed by atoms with Gasteiger partial charge in [0.05, 0.1) is 43.3 Å². The van der Waals surface area contributed by atoms with Crippen LogP contribution in [-0.4, -0.2) is 54.7 Å². The zero-order chi connectivity index (χ0) is 22.7. The van der Waals surface area contributed by atoms with Gasteiger partial charge in [0.25, 0.3) is 0 Å². The predicted molar refractivity (Wildman–Crippen MR) is 110 cm³/mol. The first-order chi connectivity index (χ1) is 15.3. The molecule has 32 heavy (non-hydrogen) atoms. The molecule has 2 unspecified atom stereocenters. The van der Waals surface area contributed by atoms with Crippen LogP contribution in [0.3, 0.4) is 0 Å². The van der Waals surface area contributed by atoms with E-state index in [1.165, 1.54) is 24.5 Å². The van der Waals surface area contributed by atoms with Gasteiger partial charge in [0, 0.05) is 13.2 Å². The number of rotatable bonds is 6. The Labute approximate surface area is 183 Å². The summed E-state index contributed by atoms with van der Waals surface area (Å²) < 4.78 is 52.9. The first-order valence-corrected chi connectivity index (χ1v) is 10.5. The number of fused-ring (bicyclic) bond motifs is 1. The molecule has 1 fully saturated rings. The third-order valence-corrected chi connectivity index (χ3v) is 5.58. The number of anilines is 2. The van der Waals surface area contributed by atoms with E-state index < -0.39 is 30.5 Å². The van der Waals surface area contributed by atoms with Crippen LogP contribution in [0.15, 0.2) is 47.1 Å². The highest BCUT2D eigenvalue weighted by Gasteiger charge is 2.49. The smallest absolute Gasteiger partial charge is 0.409 e. The summed E-state index contributed by atoms with van der Waals surface area (Å²) in [5, 5.41) is 2.48. The zero-order valence-corrected chi connectivity index (χ0v) is 17.3. The van der Waals surface area contributed by atoms with Gasteiger partial charge in [-0.3, -0.25) is 19.4 Å². The molecular formula is C22H24F3N3O4. The summed E-state index contributed by atoms with van der Waals surface area (Å²) in [7, 11) is 0. The molecule has 0 spiro atoms. The van der Waals surface area contributed by atoms with Gasteiger partial charge in [0.15, 0.2) is 0 Å². The lowest BCUT2D eigenvalue weighted by Gasteiger charge is -2.34. The van der Waals surface area contributed by atoms with Crippen molar-refractivity contribution >= 4 is 23.2 Å². The van der Waals surface area contributed by atoms with Crippen molar-refractivity contribution in [1.29, 1.82) is 0 Å². The second kappa shape index (κ2) is 9.33. The van der Waals surface area contributed by atoms with Crippen molar-refractivity contribution in [3.63, 3.8) is 0 Å². The van der Waals surface area contributed by atoms with Crippen LogP contribution in [0.25, 0.3) is 0 Å². The van der Waals surface area contributed by atoms with Crippen LogP contribution in [0.5, 0.6) is 0 Å². The third kappa shape index (κ3) is 5.13. The molecule has 10 heteroatoms. The number of hydrogen-bond acceptors (Lipinski definition) is 5. The number of halogens is 3. The standard InChI is InChI=1S/C22H24F3N3O4/c23-22(24,25)19-11-20(29)26-17-7-1-2-8-18(17)28(19)21(30)14-27(12-15-5-3-9-31-15)13-16-6-4-10-32-16/h1-3,5,7-9,16,19H,4,6,10-14H2,(H,26,29). The number of ether oxygens (including phenoxy) is 1. The molecule has 0 bridgehead atoms. The van der Waals surface area contributed by atoms with E-state index in [1.807, 2.05) is 0 Å². The number of nitrogens with one attached hydrogen (secondary N) is 1. The van der Waals surface area contributed by atoms with Crippen LogP contribution >= 0.6 is 0 Å². The lowest BCUT2D eigenvalue weighted by atomic mass is 10.1. The SMILES string of the molecule is O=C1CC(C(F)(F)F)N(C(=O)CN(Cc2ccco2)CC2CCCO2)c2ccccc2N1. The van der Waals surface area contributed by atoms with Gasteiger partial charge in [-0.15, -0.1) is 0 Å². The summed E-state index contributed by atoms with van der Waals surface area (Å²) in [6.07, 6.45) is -2.52. The van der Waals surface area contributed by atoms with E-state index in [9.17, 15) is 22.8 Å². The highest BCUT2D eigenvalue weighted by Crippen LogP contribution is 2.37. The lowest BCUT2D eigenvalue weighted by Crippen LogP contribution is -2.52. The van der Waals surface area contributed by atoms with Gasteiger partial charge in [-0.05, 0) is 37.1 Å². The van der Waals surface area contributed by atoms with E-state index in [2.05, 4.69) is 5.32 Å². The average Bonchev–Trinajstić information content (AvgIpc) is 3.39. The first kappa shape index (κ1) is 22.3. The third-order valence-electron chi connectivity index (χ3n) is 5.58. The molecule has 172 valence electrons. The van der Waals surface area contributed by atoms with E-state index in [-0.39, 0.29) is 30.6 Å². The monoisotopic (exact) mass is 451 g/mol. The summed E-state index contributed by atoms with van der Waals surface area (Å²) in [4.78, 5) is 27.9. The number of para-hydroxylation sites is 2. The fraction of sp³-hybridized carbons (Fsp3) is 0.455. The van der Waals surface area contributed by atoms with E-state index in [1.54, 1.807) is 23.1 Å². The molecule has 4 rings (SSSR count). The van der Waals surface area contributed by atoms with Gasteiger partial charge in [0.2, 0.25) is 11.8 Å². The van der Waals surface area contributed by atoms with Crippen LogP contribution in [0.2, 0.25) is 0 Å². The molecule has 2 atom stereocenters. The maximum absolute atomic E-state index is 13.9. The number of furan rings is 1. The first-order valence-electron chi connectivity index (χ1n) is 10.5. The Kier molecular flexibility index (Phi) is 6.52. The number of hydrogen-bond donors (Lipinski definition) is 1. The predicted octanol–water partition coefficient (Wildman–Crippen LogP) is 3.57. The largest absolute Gasteiger partial charge is 0.468 e. The Balaban J connectivity index is 1.62. The number of alkyl halides is 3. The number of nitrogens with zero attached hydrogens (tertiary/aromatic N) is 2. The lowest BCUT2D eigenvalue weighted by molar-refractivity contribution is -0.158. The van der Waals surface area contributed by atoms with Crippen molar-refractivity contribution in [2.75, 3.05) is 29.9 Å². The van der Waals surface area contributed by atoms with Crippen molar-refractivity contribution in [2.24, 2.45) is 0 Å². The van der Waals surface area contributed by atoms with Gasteiger partial charge in [-0.25, -0.2) is 0 Å². The molecule has 1 N–H and O–H groups in total. The number of carbonyl (C=O) groups excluding carboxylic acids is 2. The van der Waals surface area contributed by atoms with Crippen molar-refractivity contribution in [3.8, 4) is 0 Å². The molecule has 1 aromatic heterocycles. The topological polar surface area (TPSA) is 75.0 Å². The molecule has 0 radical (unpaired) electrons. The number of carbonyl (C=O) groups is 2. The van der Waals surface area contributed by atoms with E-state index in [0.29, 0.717) is 23.8 Å². The molecular weight excluding hydrogens is 427 g/mol. The molecule has 1 aromatic carbocycles. The Morgan fingerprint density at radius 2 is 2.03 bits per heavy atom. The van der Waals surface area contributed by atoms with E-state index in [0.717, 1.165) is 12.8 Å². The van der Waals surface area contributed by atoms with Crippen molar-refractivity contribution in [2.45, 2.75) is 44.1 Å². The fourth-order valence-electron chi connectivity index (χ4n) is 4.15. The Morgan fingerprint density at radius 3 is 2.72 bits per heavy atom. The van der Waals surface area contributed by atoms with Gasteiger partial charge in [-0.1, -0.05) is 12.1 Å².